The van der Waals surface area contributed by atoms with Crippen molar-refractivity contribution >= 4 is 31.7 Å². The van der Waals surface area contributed by atoms with Crippen LogP contribution in [0.1, 0.15) is 24.8 Å². The lowest BCUT2D eigenvalue weighted by molar-refractivity contribution is -0.137. The predicted octanol–water partition coefficient (Wildman–Crippen LogP) is 2.36. The molecule has 0 unspecified atom stereocenters. The highest BCUT2D eigenvalue weighted by Gasteiger charge is 2.48. The highest BCUT2D eigenvalue weighted by molar-refractivity contribution is 9.10. The molecule has 0 spiro atoms. The second-order valence-electron chi connectivity index (χ2n) is 4.76. The second-order valence-corrected chi connectivity index (χ2v) is 7.66. The molecule has 0 atom stereocenters. The number of carboxylic acids is 1. The maximum Gasteiger partial charge on any atom is 0.304 e. The molecule has 0 amide bonds. The monoisotopic (exact) mass is 332 g/mol. The van der Waals surface area contributed by atoms with Crippen LogP contribution in [-0.2, 0) is 20.0 Å². The van der Waals surface area contributed by atoms with E-state index in [2.05, 4.69) is 15.9 Å². The summed E-state index contributed by atoms with van der Waals surface area (Å²) in [6, 6.07) is 4.93. The largest absolute Gasteiger partial charge is 0.481 e. The van der Waals surface area contributed by atoms with Gasteiger partial charge in [0.2, 0.25) is 0 Å². The van der Waals surface area contributed by atoms with Gasteiger partial charge in [-0.2, -0.15) is 0 Å². The Balaban J connectivity index is 2.56. The van der Waals surface area contributed by atoms with Gasteiger partial charge in [-0.3, -0.25) is 4.79 Å². The van der Waals surface area contributed by atoms with Gasteiger partial charge in [0.25, 0.3) is 0 Å². The summed E-state index contributed by atoms with van der Waals surface area (Å²) >= 11 is 3.31. The molecule has 2 rings (SSSR count). The molecule has 0 aromatic heterocycles. The Morgan fingerprint density at radius 1 is 1.44 bits per heavy atom. The topological polar surface area (TPSA) is 71.4 Å². The van der Waals surface area contributed by atoms with E-state index in [4.69, 9.17) is 5.11 Å². The fourth-order valence-corrected chi connectivity index (χ4v) is 3.57. The Bertz CT molecular complexity index is 603. The van der Waals surface area contributed by atoms with Crippen LogP contribution in [0.2, 0.25) is 0 Å². The van der Waals surface area contributed by atoms with E-state index in [-0.39, 0.29) is 11.3 Å². The third-order valence-electron chi connectivity index (χ3n) is 3.26. The van der Waals surface area contributed by atoms with Gasteiger partial charge < -0.3 is 5.11 Å². The molecule has 98 valence electrons. The molecule has 1 N–H and O–H groups in total. The van der Waals surface area contributed by atoms with E-state index in [0.29, 0.717) is 5.56 Å². The van der Waals surface area contributed by atoms with E-state index in [9.17, 15) is 13.2 Å². The van der Waals surface area contributed by atoms with Gasteiger partial charge in [0.1, 0.15) is 0 Å². The molecule has 18 heavy (non-hydrogen) atoms. The lowest BCUT2D eigenvalue weighted by atomic mass is 9.92. The van der Waals surface area contributed by atoms with Gasteiger partial charge in [-0.25, -0.2) is 8.42 Å². The first-order valence-corrected chi connectivity index (χ1v) is 8.15. The highest BCUT2D eigenvalue weighted by Crippen LogP contribution is 2.53. The number of benzene rings is 1. The van der Waals surface area contributed by atoms with E-state index in [0.717, 1.165) is 23.6 Å². The van der Waals surface area contributed by atoms with E-state index >= 15 is 0 Å². The number of halogens is 1. The van der Waals surface area contributed by atoms with Crippen molar-refractivity contribution in [3.05, 3.63) is 28.2 Å². The summed E-state index contributed by atoms with van der Waals surface area (Å²) < 4.78 is 24.3. The molecule has 0 aliphatic heterocycles. The first-order valence-electron chi connectivity index (χ1n) is 5.46. The Labute approximate surface area is 114 Å². The normalized spacial score (nSPS) is 17.4. The van der Waals surface area contributed by atoms with Crippen LogP contribution in [0, 0.1) is 0 Å². The van der Waals surface area contributed by atoms with Gasteiger partial charge >= 0.3 is 5.97 Å². The molecule has 1 aromatic rings. The molecule has 1 aliphatic carbocycles. The van der Waals surface area contributed by atoms with Crippen LogP contribution in [0.5, 0.6) is 0 Å². The summed E-state index contributed by atoms with van der Waals surface area (Å²) in [7, 11) is -3.34. The zero-order chi connectivity index (χ0) is 13.6. The van der Waals surface area contributed by atoms with E-state index < -0.39 is 21.2 Å². The minimum Gasteiger partial charge on any atom is -0.481 e. The molecule has 1 aromatic carbocycles. The minimum absolute atomic E-state index is 0.0219. The number of carboxylic acid groups (broad SMARTS) is 1. The van der Waals surface area contributed by atoms with Crippen LogP contribution in [-0.4, -0.2) is 25.7 Å². The maximum absolute atomic E-state index is 11.8. The SMILES string of the molecule is CS(=O)(=O)c1ccc(Br)cc1C1(CC(=O)O)CC1. The van der Waals surface area contributed by atoms with Gasteiger partial charge in [-0.15, -0.1) is 0 Å². The van der Waals surface area contributed by atoms with Crippen molar-refractivity contribution < 1.29 is 18.3 Å². The maximum atomic E-state index is 11.8. The predicted molar refractivity (Wildman–Crippen MR) is 70.4 cm³/mol. The average molecular weight is 333 g/mol. The lowest BCUT2D eigenvalue weighted by Crippen LogP contribution is -2.16. The quantitative estimate of drug-likeness (QED) is 0.918. The molecule has 0 bridgehead atoms. The molecule has 6 heteroatoms. The number of hydrogen-bond acceptors (Lipinski definition) is 3. The van der Waals surface area contributed by atoms with Crippen LogP contribution < -0.4 is 0 Å². The van der Waals surface area contributed by atoms with Crippen molar-refractivity contribution in [1.82, 2.24) is 0 Å². The van der Waals surface area contributed by atoms with Crippen molar-refractivity contribution in [2.24, 2.45) is 0 Å². The van der Waals surface area contributed by atoms with E-state index in [1.807, 2.05) is 0 Å². The van der Waals surface area contributed by atoms with Crippen molar-refractivity contribution in [2.75, 3.05) is 6.26 Å². The molecule has 0 radical (unpaired) electrons. The zero-order valence-corrected chi connectivity index (χ0v) is 12.2. The Hall–Kier alpha value is -0.880. The Morgan fingerprint density at radius 2 is 2.06 bits per heavy atom. The van der Waals surface area contributed by atoms with Crippen LogP contribution in [0.15, 0.2) is 27.6 Å². The zero-order valence-electron chi connectivity index (χ0n) is 9.81. The lowest BCUT2D eigenvalue weighted by Gasteiger charge is -2.17. The van der Waals surface area contributed by atoms with Crippen molar-refractivity contribution in [1.29, 1.82) is 0 Å². The summed E-state index contributed by atoms with van der Waals surface area (Å²) in [5.74, 6) is -0.896. The molecule has 1 fully saturated rings. The van der Waals surface area contributed by atoms with Crippen LogP contribution >= 0.6 is 15.9 Å². The van der Waals surface area contributed by atoms with Crippen molar-refractivity contribution in [3.63, 3.8) is 0 Å². The summed E-state index contributed by atoms with van der Waals surface area (Å²) in [5.41, 5.74) is 0.121. The number of sulfone groups is 1. The number of hydrogen-bond donors (Lipinski definition) is 1. The Morgan fingerprint density at radius 3 is 2.50 bits per heavy atom. The van der Waals surface area contributed by atoms with E-state index in [1.54, 1.807) is 12.1 Å². The smallest absolute Gasteiger partial charge is 0.304 e. The first-order chi connectivity index (χ1) is 8.24. The molecule has 0 heterocycles. The molecular formula is C12H13BrO4S. The minimum atomic E-state index is -3.34. The highest BCUT2D eigenvalue weighted by atomic mass is 79.9. The summed E-state index contributed by atoms with van der Waals surface area (Å²) in [5, 5.41) is 8.95. The average Bonchev–Trinajstić information content (AvgIpc) is 2.95. The van der Waals surface area contributed by atoms with Crippen molar-refractivity contribution in [2.45, 2.75) is 29.6 Å². The molecule has 4 nitrogen and oxygen atoms in total. The van der Waals surface area contributed by atoms with Gasteiger partial charge in [0.05, 0.1) is 11.3 Å². The fourth-order valence-electron chi connectivity index (χ4n) is 2.22. The van der Waals surface area contributed by atoms with Crippen LogP contribution in [0.3, 0.4) is 0 Å². The number of aliphatic carboxylic acids is 1. The molecule has 0 saturated heterocycles. The van der Waals surface area contributed by atoms with Crippen LogP contribution in [0.4, 0.5) is 0 Å². The van der Waals surface area contributed by atoms with Gasteiger partial charge in [-0.1, -0.05) is 15.9 Å². The number of carbonyl (C=O) groups is 1. The van der Waals surface area contributed by atoms with Gasteiger partial charge in [0, 0.05) is 16.1 Å². The molecular weight excluding hydrogens is 320 g/mol. The fraction of sp³-hybridized carbons (Fsp3) is 0.417. The summed E-state index contributed by atoms with van der Waals surface area (Å²) in [6.45, 7) is 0. The van der Waals surface area contributed by atoms with Gasteiger partial charge in [-0.05, 0) is 36.6 Å². The third-order valence-corrected chi connectivity index (χ3v) is 4.90. The van der Waals surface area contributed by atoms with E-state index in [1.165, 1.54) is 6.07 Å². The molecule has 1 saturated carbocycles. The molecule has 1 aliphatic rings. The summed E-state index contributed by atoms with van der Waals surface area (Å²) in [4.78, 5) is 11.2. The first kappa shape index (κ1) is 13.5. The standard InChI is InChI=1S/C12H13BrO4S/c1-18(16,17)10-3-2-8(13)6-9(10)12(4-5-12)7-11(14)15/h2-3,6H,4-5,7H2,1H3,(H,14,15). The Kier molecular flexibility index (Phi) is 3.27. The summed E-state index contributed by atoms with van der Waals surface area (Å²) in [6.07, 6.45) is 2.57. The third kappa shape index (κ3) is 2.59. The van der Waals surface area contributed by atoms with Crippen molar-refractivity contribution in [3.8, 4) is 0 Å². The number of rotatable bonds is 4. The second kappa shape index (κ2) is 4.35. The van der Waals surface area contributed by atoms with Crippen LogP contribution in [0.25, 0.3) is 0 Å². The van der Waals surface area contributed by atoms with Gasteiger partial charge in [0.15, 0.2) is 9.84 Å².